The van der Waals surface area contributed by atoms with Crippen LogP contribution in [0.2, 0.25) is 5.02 Å². The second kappa shape index (κ2) is 4.31. The maximum absolute atomic E-state index is 13.8. The van der Waals surface area contributed by atoms with Gasteiger partial charge in [0, 0.05) is 5.02 Å². The minimum Gasteiger partial charge on any atom is -0.276 e. The van der Waals surface area contributed by atoms with E-state index in [1.807, 2.05) is 5.32 Å². The normalized spacial score (nSPS) is 18.5. The molecule has 0 bridgehead atoms. The van der Waals surface area contributed by atoms with Crippen molar-refractivity contribution in [3.8, 4) is 0 Å². The van der Waals surface area contributed by atoms with Crippen molar-refractivity contribution in [1.82, 2.24) is 5.32 Å². The molecule has 0 aromatic heterocycles. The van der Waals surface area contributed by atoms with Crippen LogP contribution in [0.1, 0.15) is 13.8 Å². The summed E-state index contributed by atoms with van der Waals surface area (Å²) in [6.45, 7) is 2.72. The van der Waals surface area contributed by atoms with Gasteiger partial charge >= 0.3 is 6.03 Å². The average Bonchev–Trinajstić information content (AvgIpc) is 2.30. The first-order valence-corrected chi connectivity index (χ1v) is 5.78. The molecule has 0 unspecified atom stereocenters. The van der Waals surface area contributed by atoms with E-state index >= 15 is 0 Å². The molecule has 4 amide bonds. The Morgan fingerprint density at radius 1 is 1.26 bits per heavy atom. The molecular formula is C12H10ClFN2O3. The van der Waals surface area contributed by atoms with Gasteiger partial charge in [0.2, 0.25) is 11.8 Å². The van der Waals surface area contributed by atoms with Gasteiger partial charge < -0.3 is 0 Å². The Morgan fingerprint density at radius 2 is 1.89 bits per heavy atom. The first kappa shape index (κ1) is 13.5. The van der Waals surface area contributed by atoms with Gasteiger partial charge in [0.25, 0.3) is 0 Å². The standard InChI is InChI=1S/C12H10ClFN2O3/c1-12(2)9(17)15-11(19)16(10(12)18)8-4-3-6(13)5-7(8)14/h3-5H,1-2H3,(H,15,17,19). The van der Waals surface area contributed by atoms with Crippen molar-refractivity contribution in [1.29, 1.82) is 0 Å². The van der Waals surface area contributed by atoms with Crippen molar-refractivity contribution in [2.24, 2.45) is 5.41 Å². The number of carbonyl (C=O) groups excluding carboxylic acids is 3. The molecule has 1 aromatic rings. The molecule has 19 heavy (non-hydrogen) atoms. The van der Waals surface area contributed by atoms with Crippen LogP contribution in [-0.2, 0) is 9.59 Å². The molecule has 1 N–H and O–H groups in total. The minimum atomic E-state index is -1.44. The quantitative estimate of drug-likeness (QED) is 0.803. The van der Waals surface area contributed by atoms with Gasteiger partial charge in [-0.15, -0.1) is 0 Å². The number of nitrogens with one attached hydrogen (secondary N) is 1. The number of hydrogen-bond donors (Lipinski definition) is 1. The highest BCUT2D eigenvalue weighted by atomic mass is 35.5. The minimum absolute atomic E-state index is 0.140. The second-order valence-electron chi connectivity index (χ2n) is 4.62. The molecule has 100 valence electrons. The summed E-state index contributed by atoms with van der Waals surface area (Å²) in [6.07, 6.45) is 0. The Bertz CT molecular complexity index is 601. The maximum Gasteiger partial charge on any atom is 0.335 e. The molecule has 0 saturated carbocycles. The number of amides is 4. The number of barbiturate groups is 1. The van der Waals surface area contributed by atoms with Crippen molar-refractivity contribution in [2.45, 2.75) is 13.8 Å². The van der Waals surface area contributed by atoms with Crippen LogP contribution in [-0.4, -0.2) is 17.8 Å². The zero-order chi connectivity index (χ0) is 14.4. The zero-order valence-corrected chi connectivity index (χ0v) is 10.9. The van der Waals surface area contributed by atoms with E-state index in [0.29, 0.717) is 4.90 Å². The molecule has 1 heterocycles. The van der Waals surface area contributed by atoms with Gasteiger partial charge in [0.1, 0.15) is 11.2 Å². The number of hydrogen-bond acceptors (Lipinski definition) is 3. The largest absolute Gasteiger partial charge is 0.335 e. The molecule has 2 rings (SSSR count). The number of urea groups is 1. The predicted molar refractivity (Wildman–Crippen MR) is 66.2 cm³/mol. The molecule has 0 radical (unpaired) electrons. The van der Waals surface area contributed by atoms with Crippen LogP contribution in [0.15, 0.2) is 18.2 Å². The fourth-order valence-electron chi connectivity index (χ4n) is 1.66. The van der Waals surface area contributed by atoms with E-state index in [1.54, 1.807) is 0 Å². The monoisotopic (exact) mass is 284 g/mol. The van der Waals surface area contributed by atoms with Crippen LogP contribution in [0.25, 0.3) is 0 Å². The number of halogens is 2. The molecular weight excluding hydrogens is 275 g/mol. The molecule has 7 heteroatoms. The van der Waals surface area contributed by atoms with E-state index in [-0.39, 0.29) is 10.7 Å². The maximum atomic E-state index is 13.8. The summed E-state index contributed by atoms with van der Waals surface area (Å²) >= 11 is 5.61. The predicted octanol–water partition coefficient (Wildman–Crippen LogP) is 2.09. The van der Waals surface area contributed by atoms with E-state index in [1.165, 1.54) is 26.0 Å². The van der Waals surface area contributed by atoms with Crippen molar-refractivity contribution >= 4 is 35.1 Å². The van der Waals surface area contributed by atoms with Gasteiger partial charge in [-0.3, -0.25) is 14.9 Å². The summed E-state index contributed by atoms with van der Waals surface area (Å²) in [5.74, 6) is -2.32. The van der Waals surface area contributed by atoms with Crippen LogP contribution in [0, 0.1) is 11.2 Å². The first-order chi connectivity index (χ1) is 8.75. The Morgan fingerprint density at radius 3 is 2.47 bits per heavy atom. The number of imide groups is 2. The Kier molecular flexibility index (Phi) is 3.06. The van der Waals surface area contributed by atoms with Crippen LogP contribution in [0.4, 0.5) is 14.9 Å². The lowest BCUT2D eigenvalue weighted by Gasteiger charge is -2.34. The molecule has 5 nitrogen and oxygen atoms in total. The fraction of sp³-hybridized carbons (Fsp3) is 0.250. The smallest absolute Gasteiger partial charge is 0.276 e. The molecule has 1 aliphatic heterocycles. The summed E-state index contributed by atoms with van der Waals surface area (Å²) in [5.41, 5.74) is -1.69. The highest BCUT2D eigenvalue weighted by Crippen LogP contribution is 2.30. The average molecular weight is 285 g/mol. The lowest BCUT2D eigenvalue weighted by molar-refractivity contribution is -0.140. The van der Waals surface area contributed by atoms with Gasteiger partial charge in [-0.1, -0.05) is 11.6 Å². The Labute approximate surface area is 113 Å². The SMILES string of the molecule is CC1(C)C(=O)NC(=O)N(c2ccc(Cl)cc2F)C1=O. The number of carbonyl (C=O) groups is 3. The third kappa shape index (κ3) is 2.08. The molecule has 0 spiro atoms. The molecule has 0 atom stereocenters. The third-order valence-electron chi connectivity index (χ3n) is 2.88. The number of anilines is 1. The number of benzene rings is 1. The molecule has 1 fully saturated rings. The lowest BCUT2D eigenvalue weighted by Crippen LogP contribution is -2.62. The lowest BCUT2D eigenvalue weighted by atomic mass is 9.88. The zero-order valence-electron chi connectivity index (χ0n) is 10.2. The van der Waals surface area contributed by atoms with Crippen molar-refractivity contribution in [2.75, 3.05) is 4.90 Å². The third-order valence-corrected chi connectivity index (χ3v) is 3.11. The van der Waals surface area contributed by atoms with Crippen LogP contribution in [0.5, 0.6) is 0 Å². The van der Waals surface area contributed by atoms with Crippen molar-refractivity contribution < 1.29 is 18.8 Å². The van der Waals surface area contributed by atoms with E-state index in [2.05, 4.69) is 0 Å². The summed E-state index contributed by atoms with van der Waals surface area (Å²) in [6, 6.07) is 2.57. The topological polar surface area (TPSA) is 66.5 Å². The van der Waals surface area contributed by atoms with Crippen LogP contribution >= 0.6 is 11.6 Å². The molecule has 1 aromatic carbocycles. The van der Waals surface area contributed by atoms with Gasteiger partial charge in [0.05, 0.1) is 5.69 Å². The highest BCUT2D eigenvalue weighted by Gasteiger charge is 2.48. The van der Waals surface area contributed by atoms with Gasteiger partial charge in [0.15, 0.2) is 0 Å². The van der Waals surface area contributed by atoms with Gasteiger partial charge in [-0.25, -0.2) is 14.1 Å². The number of rotatable bonds is 1. The van der Waals surface area contributed by atoms with Gasteiger partial charge in [-0.2, -0.15) is 0 Å². The summed E-state index contributed by atoms with van der Waals surface area (Å²) in [7, 11) is 0. The van der Waals surface area contributed by atoms with E-state index < -0.39 is 29.1 Å². The molecule has 0 aliphatic carbocycles. The van der Waals surface area contributed by atoms with E-state index in [0.717, 1.165) is 6.07 Å². The van der Waals surface area contributed by atoms with Gasteiger partial charge in [-0.05, 0) is 32.0 Å². The summed E-state index contributed by atoms with van der Waals surface area (Å²) < 4.78 is 13.8. The summed E-state index contributed by atoms with van der Waals surface area (Å²) in [4.78, 5) is 36.0. The molecule has 1 saturated heterocycles. The highest BCUT2D eigenvalue weighted by molar-refractivity contribution is 6.31. The number of nitrogens with zero attached hydrogens (tertiary/aromatic N) is 1. The second-order valence-corrected chi connectivity index (χ2v) is 5.06. The van der Waals surface area contributed by atoms with Crippen molar-refractivity contribution in [3.05, 3.63) is 29.0 Å². The van der Waals surface area contributed by atoms with Crippen LogP contribution in [0.3, 0.4) is 0 Å². The van der Waals surface area contributed by atoms with E-state index in [4.69, 9.17) is 11.6 Å². The Balaban J connectivity index is 2.52. The van der Waals surface area contributed by atoms with Crippen LogP contribution < -0.4 is 10.2 Å². The van der Waals surface area contributed by atoms with Crippen molar-refractivity contribution in [3.63, 3.8) is 0 Å². The first-order valence-electron chi connectivity index (χ1n) is 5.40. The summed E-state index contributed by atoms with van der Waals surface area (Å²) in [5, 5.41) is 2.16. The molecule has 1 aliphatic rings. The van der Waals surface area contributed by atoms with E-state index in [9.17, 15) is 18.8 Å². The Hall–Kier alpha value is -1.95. The fourth-order valence-corrected chi connectivity index (χ4v) is 1.82.